The molecule has 2 saturated heterocycles. The lowest BCUT2D eigenvalue weighted by Gasteiger charge is -2.44. The van der Waals surface area contributed by atoms with Crippen molar-refractivity contribution in [3.05, 3.63) is 35.9 Å². The molecule has 2 heterocycles. The molecule has 0 aromatic heterocycles. The van der Waals surface area contributed by atoms with E-state index in [1.165, 1.54) is 12.8 Å². The van der Waals surface area contributed by atoms with Gasteiger partial charge >= 0.3 is 5.97 Å². The molecule has 4 heteroatoms. The number of rotatable bonds is 4. The zero-order chi connectivity index (χ0) is 15.7. The highest BCUT2D eigenvalue weighted by molar-refractivity contribution is 5.78. The van der Waals surface area contributed by atoms with Crippen LogP contribution < -0.4 is 0 Å². The van der Waals surface area contributed by atoms with E-state index in [4.69, 9.17) is 4.74 Å². The predicted octanol–water partition coefficient (Wildman–Crippen LogP) is 2.08. The van der Waals surface area contributed by atoms with Crippen molar-refractivity contribution in [1.82, 2.24) is 0 Å². The van der Waals surface area contributed by atoms with Crippen molar-refractivity contribution in [3.63, 3.8) is 0 Å². The number of esters is 1. The third kappa shape index (κ3) is 2.77. The number of carbonyl (C=O) groups excluding carboxylic acids is 1. The molecule has 2 bridgehead atoms. The van der Waals surface area contributed by atoms with E-state index in [0.29, 0.717) is 12.1 Å². The van der Waals surface area contributed by atoms with Gasteiger partial charge in [0.1, 0.15) is 12.0 Å². The van der Waals surface area contributed by atoms with Crippen LogP contribution in [0.25, 0.3) is 0 Å². The molecule has 0 amide bonds. The summed E-state index contributed by atoms with van der Waals surface area (Å²) in [4.78, 5) is 12.5. The van der Waals surface area contributed by atoms with Crippen LogP contribution in [0.4, 0.5) is 0 Å². The molecule has 22 heavy (non-hydrogen) atoms. The maximum absolute atomic E-state index is 12.5. The third-order valence-electron chi connectivity index (χ3n) is 5.74. The summed E-state index contributed by atoms with van der Waals surface area (Å²) in [5, 5.41) is 9.57. The number of piperidine rings is 1. The molecule has 2 aliphatic rings. The average Bonchev–Trinajstić information content (AvgIpc) is 2.68. The second kappa shape index (κ2) is 6.01. The minimum absolute atomic E-state index is 0.00825. The van der Waals surface area contributed by atoms with E-state index in [0.717, 1.165) is 22.9 Å². The quantitative estimate of drug-likeness (QED) is 0.684. The Labute approximate surface area is 132 Å². The fourth-order valence-electron chi connectivity index (χ4n) is 4.17. The van der Waals surface area contributed by atoms with Gasteiger partial charge < -0.3 is 14.3 Å². The number of benzene rings is 1. The molecule has 2 aliphatic heterocycles. The highest BCUT2D eigenvalue weighted by atomic mass is 16.5. The molecule has 0 radical (unpaired) electrons. The summed E-state index contributed by atoms with van der Waals surface area (Å²) in [6.07, 6.45) is 4.36. The minimum Gasteiger partial charge on any atom is -0.461 e. The van der Waals surface area contributed by atoms with Crippen LogP contribution in [0.15, 0.2) is 30.3 Å². The number of hydrogen-bond donors (Lipinski definition) is 1. The minimum atomic E-state index is -0.566. The van der Waals surface area contributed by atoms with Crippen molar-refractivity contribution in [2.24, 2.45) is 0 Å². The van der Waals surface area contributed by atoms with Crippen molar-refractivity contribution in [2.75, 3.05) is 20.7 Å². The second-order valence-corrected chi connectivity index (χ2v) is 7.19. The van der Waals surface area contributed by atoms with Gasteiger partial charge in [0.2, 0.25) is 0 Å². The van der Waals surface area contributed by atoms with Crippen LogP contribution in [-0.2, 0) is 9.53 Å². The van der Waals surface area contributed by atoms with Crippen LogP contribution in [0, 0.1) is 0 Å². The second-order valence-electron chi connectivity index (χ2n) is 7.19. The molecule has 1 aromatic carbocycles. The Morgan fingerprint density at radius 2 is 1.82 bits per heavy atom. The summed E-state index contributed by atoms with van der Waals surface area (Å²) in [5.41, 5.74) is 0.824. The summed E-state index contributed by atoms with van der Waals surface area (Å²) in [5.74, 6) is -0.853. The Morgan fingerprint density at radius 1 is 1.23 bits per heavy atom. The van der Waals surface area contributed by atoms with E-state index in [-0.39, 0.29) is 18.7 Å². The van der Waals surface area contributed by atoms with Gasteiger partial charge in [-0.1, -0.05) is 30.3 Å². The van der Waals surface area contributed by atoms with Crippen molar-refractivity contribution >= 4 is 5.97 Å². The van der Waals surface area contributed by atoms with Gasteiger partial charge in [-0.25, -0.2) is 0 Å². The van der Waals surface area contributed by atoms with E-state index in [1.54, 1.807) is 0 Å². The van der Waals surface area contributed by atoms with E-state index >= 15 is 0 Å². The van der Waals surface area contributed by atoms with Crippen LogP contribution in [0.5, 0.6) is 0 Å². The number of hydrogen-bond acceptors (Lipinski definition) is 3. The van der Waals surface area contributed by atoms with Crippen molar-refractivity contribution in [1.29, 1.82) is 0 Å². The summed E-state index contributed by atoms with van der Waals surface area (Å²) in [6.45, 7) is -0.204. The van der Waals surface area contributed by atoms with Gasteiger partial charge in [0, 0.05) is 25.7 Å². The van der Waals surface area contributed by atoms with Gasteiger partial charge in [0.05, 0.1) is 32.8 Å². The molecule has 0 saturated carbocycles. The van der Waals surface area contributed by atoms with Crippen molar-refractivity contribution < 1.29 is 19.1 Å². The lowest BCUT2D eigenvalue weighted by Crippen LogP contribution is -2.56. The van der Waals surface area contributed by atoms with Crippen LogP contribution in [-0.4, -0.2) is 54.4 Å². The summed E-state index contributed by atoms with van der Waals surface area (Å²) >= 11 is 0. The van der Waals surface area contributed by atoms with Gasteiger partial charge in [-0.05, 0) is 5.56 Å². The fourth-order valence-corrected chi connectivity index (χ4v) is 4.17. The van der Waals surface area contributed by atoms with Crippen molar-refractivity contribution in [3.8, 4) is 0 Å². The van der Waals surface area contributed by atoms with E-state index in [2.05, 4.69) is 14.1 Å². The highest BCUT2D eigenvalue weighted by Crippen LogP contribution is 2.40. The smallest absolute Gasteiger partial charge is 0.316 e. The molecule has 2 fully saturated rings. The molecular weight excluding hydrogens is 278 g/mol. The first-order valence-electron chi connectivity index (χ1n) is 8.22. The first-order valence-corrected chi connectivity index (χ1v) is 8.22. The summed E-state index contributed by atoms with van der Waals surface area (Å²) in [7, 11) is 4.59. The molecule has 1 aromatic rings. The Hall–Kier alpha value is -1.39. The monoisotopic (exact) mass is 304 g/mol. The summed E-state index contributed by atoms with van der Waals surface area (Å²) < 4.78 is 6.83. The average molecular weight is 304 g/mol. The number of carbonyl (C=O) groups is 1. The van der Waals surface area contributed by atoms with Gasteiger partial charge in [-0.3, -0.25) is 4.79 Å². The molecule has 3 rings (SSSR count). The maximum Gasteiger partial charge on any atom is 0.316 e. The number of quaternary nitrogens is 1. The Balaban J connectivity index is 1.65. The number of aliphatic hydroxyl groups excluding tert-OH is 1. The van der Waals surface area contributed by atoms with Gasteiger partial charge in [0.25, 0.3) is 0 Å². The number of aliphatic hydroxyl groups is 1. The Bertz CT molecular complexity index is 512. The summed E-state index contributed by atoms with van der Waals surface area (Å²) in [6, 6.07) is 10.6. The standard InChI is InChI=1S/C18H26NO3/c1-19(2)14-8-9-15(19)11-16(10-14)22-18(21)17(12-20)13-6-4-3-5-7-13/h3-7,14-17,20H,8-12H2,1-2H3/q+1/t14-,15+,16?,17-/m0/s1. The Kier molecular flexibility index (Phi) is 4.24. The fraction of sp³-hybridized carbons (Fsp3) is 0.611. The van der Waals surface area contributed by atoms with E-state index in [1.807, 2.05) is 30.3 Å². The van der Waals surface area contributed by atoms with Crippen LogP contribution in [0.3, 0.4) is 0 Å². The van der Waals surface area contributed by atoms with Gasteiger partial charge in [-0.15, -0.1) is 0 Å². The first kappa shape index (κ1) is 15.5. The van der Waals surface area contributed by atoms with E-state index in [9.17, 15) is 9.90 Å². The molecular formula is C18H26NO3+. The van der Waals surface area contributed by atoms with Crippen LogP contribution >= 0.6 is 0 Å². The predicted molar refractivity (Wildman–Crippen MR) is 84.3 cm³/mol. The number of ether oxygens (including phenoxy) is 1. The lowest BCUT2D eigenvalue weighted by molar-refractivity contribution is -0.931. The largest absolute Gasteiger partial charge is 0.461 e. The van der Waals surface area contributed by atoms with E-state index < -0.39 is 5.92 Å². The topological polar surface area (TPSA) is 46.5 Å². The molecule has 0 aliphatic carbocycles. The highest BCUT2D eigenvalue weighted by Gasteiger charge is 2.50. The molecule has 120 valence electrons. The number of nitrogens with zero attached hydrogens (tertiary/aromatic N) is 1. The van der Waals surface area contributed by atoms with Gasteiger partial charge in [0.15, 0.2) is 0 Å². The number of fused-ring (bicyclic) bond motifs is 2. The van der Waals surface area contributed by atoms with Crippen LogP contribution in [0.1, 0.15) is 37.2 Å². The SMILES string of the molecule is C[N+]1(C)[C@@H]2CC[C@H]1CC(OC(=O)[C@@H](CO)c1ccccc1)C2. The van der Waals surface area contributed by atoms with Crippen LogP contribution in [0.2, 0.25) is 0 Å². The van der Waals surface area contributed by atoms with Crippen molar-refractivity contribution in [2.45, 2.75) is 49.8 Å². The zero-order valence-electron chi connectivity index (χ0n) is 13.4. The third-order valence-corrected chi connectivity index (χ3v) is 5.74. The Morgan fingerprint density at radius 3 is 2.36 bits per heavy atom. The lowest BCUT2D eigenvalue weighted by atomic mass is 9.96. The molecule has 1 N–H and O–H groups in total. The molecule has 0 spiro atoms. The molecule has 4 atom stereocenters. The molecule has 1 unspecified atom stereocenters. The zero-order valence-corrected chi connectivity index (χ0v) is 13.4. The maximum atomic E-state index is 12.5. The van der Waals surface area contributed by atoms with Gasteiger partial charge in [-0.2, -0.15) is 0 Å². The normalized spacial score (nSPS) is 30.8. The molecule has 4 nitrogen and oxygen atoms in total. The first-order chi connectivity index (χ1) is 10.5.